The first-order chi connectivity index (χ1) is 14.4. The van der Waals surface area contributed by atoms with Gasteiger partial charge in [0.25, 0.3) is 5.91 Å². The van der Waals surface area contributed by atoms with Crippen molar-refractivity contribution < 1.29 is 27.5 Å². The number of anilines is 1. The second kappa shape index (κ2) is 9.60. The molecule has 3 aromatic carbocycles. The molecule has 0 saturated carbocycles. The average molecular weight is 414 g/mol. The van der Waals surface area contributed by atoms with Gasteiger partial charge in [-0.3, -0.25) is 9.59 Å². The Morgan fingerprint density at radius 2 is 1.53 bits per heavy atom. The smallest absolute Gasteiger partial charge is 0.251 e. The van der Waals surface area contributed by atoms with Crippen LogP contribution in [0.4, 0.5) is 18.9 Å². The fraction of sp³-hybridized carbons (Fsp3) is 0.0909. The number of benzene rings is 3. The van der Waals surface area contributed by atoms with Crippen LogP contribution in [0.25, 0.3) is 0 Å². The first kappa shape index (κ1) is 20.9. The van der Waals surface area contributed by atoms with E-state index >= 15 is 0 Å². The number of carbonyl (C=O) groups excluding carboxylic acids is 2. The van der Waals surface area contributed by atoms with Gasteiger partial charge in [-0.1, -0.05) is 30.3 Å². The van der Waals surface area contributed by atoms with E-state index in [0.29, 0.717) is 18.2 Å². The van der Waals surface area contributed by atoms with Crippen molar-refractivity contribution in [3.8, 4) is 5.75 Å². The summed E-state index contributed by atoms with van der Waals surface area (Å²) in [5.41, 5.74) is 0.642. The number of hydrogen-bond donors (Lipinski definition) is 2. The third kappa shape index (κ3) is 5.38. The van der Waals surface area contributed by atoms with Crippen LogP contribution < -0.4 is 15.4 Å². The van der Waals surface area contributed by atoms with Crippen molar-refractivity contribution in [1.29, 1.82) is 0 Å². The molecular formula is C22H17F3N2O3. The van der Waals surface area contributed by atoms with Crippen LogP contribution in [-0.4, -0.2) is 18.4 Å². The number of nitrogens with one attached hydrogen (secondary N) is 2. The Labute approximate surface area is 170 Å². The van der Waals surface area contributed by atoms with Gasteiger partial charge < -0.3 is 15.4 Å². The number of amides is 2. The maximum atomic E-state index is 13.6. The molecule has 3 aromatic rings. The lowest BCUT2D eigenvalue weighted by molar-refractivity contribution is -0.115. The average Bonchev–Trinajstić information content (AvgIpc) is 2.77. The normalized spacial score (nSPS) is 10.4. The third-order valence-electron chi connectivity index (χ3n) is 4.08. The van der Waals surface area contributed by atoms with Gasteiger partial charge >= 0.3 is 0 Å². The Kier molecular flexibility index (Phi) is 6.69. The number of para-hydroxylation sites is 1. The first-order valence-corrected chi connectivity index (χ1v) is 8.92. The molecule has 30 heavy (non-hydrogen) atoms. The van der Waals surface area contributed by atoms with Gasteiger partial charge in [-0.2, -0.15) is 0 Å². The molecular weight excluding hydrogens is 397 g/mol. The predicted octanol–water partition coefficient (Wildman–Crippen LogP) is 4.05. The summed E-state index contributed by atoms with van der Waals surface area (Å²) in [6, 6.07) is 17.4. The van der Waals surface area contributed by atoms with Gasteiger partial charge in [0.05, 0.1) is 12.2 Å². The molecule has 0 aliphatic carbocycles. The highest BCUT2D eigenvalue weighted by Crippen LogP contribution is 2.19. The van der Waals surface area contributed by atoms with Gasteiger partial charge in [-0.05, 0) is 42.0 Å². The minimum atomic E-state index is -1.69. The highest BCUT2D eigenvalue weighted by atomic mass is 19.2. The predicted molar refractivity (Wildman–Crippen MR) is 104 cm³/mol. The van der Waals surface area contributed by atoms with Crippen molar-refractivity contribution in [3.63, 3.8) is 0 Å². The summed E-state index contributed by atoms with van der Waals surface area (Å²) in [5, 5.41) is 4.44. The van der Waals surface area contributed by atoms with Crippen LogP contribution in [-0.2, 0) is 11.4 Å². The molecule has 0 heterocycles. The van der Waals surface area contributed by atoms with E-state index in [4.69, 9.17) is 4.74 Å². The summed E-state index contributed by atoms with van der Waals surface area (Å²) >= 11 is 0. The number of carbonyl (C=O) groups is 2. The molecule has 0 aromatic heterocycles. The van der Waals surface area contributed by atoms with Crippen LogP contribution >= 0.6 is 0 Å². The van der Waals surface area contributed by atoms with E-state index in [1.165, 1.54) is 0 Å². The zero-order valence-corrected chi connectivity index (χ0v) is 15.6. The van der Waals surface area contributed by atoms with E-state index in [-0.39, 0.29) is 0 Å². The number of rotatable bonds is 7. The lowest BCUT2D eigenvalue weighted by atomic mass is 10.1. The standard InChI is InChI=1S/C22H17F3N2O3/c23-17-10-11-18(21(25)20(17)24)27-19(28)12-26-22(29)15-8-6-14(7-9-15)13-30-16-4-2-1-3-5-16/h1-11H,12-13H2,(H,26,29)(H,27,28). The van der Waals surface area contributed by atoms with Crippen LogP contribution in [0.3, 0.4) is 0 Å². The minimum Gasteiger partial charge on any atom is -0.489 e. The molecule has 154 valence electrons. The molecule has 3 rings (SSSR count). The molecule has 8 heteroatoms. The van der Waals surface area contributed by atoms with E-state index in [2.05, 4.69) is 10.6 Å². The lowest BCUT2D eigenvalue weighted by Gasteiger charge is -2.09. The Morgan fingerprint density at radius 3 is 2.23 bits per heavy atom. The fourth-order valence-electron chi connectivity index (χ4n) is 2.52. The second-order valence-corrected chi connectivity index (χ2v) is 6.25. The monoisotopic (exact) mass is 414 g/mol. The van der Waals surface area contributed by atoms with E-state index in [0.717, 1.165) is 17.4 Å². The maximum absolute atomic E-state index is 13.6. The van der Waals surface area contributed by atoms with Gasteiger partial charge in [0.15, 0.2) is 17.5 Å². The molecule has 0 unspecified atom stereocenters. The highest BCUT2D eigenvalue weighted by Gasteiger charge is 2.15. The van der Waals surface area contributed by atoms with Crippen LogP contribution in [0.15, 0.2) is 66.7 Å². The first-order valence-electron chi connectivity index (χ1n) is 8.92. The largest absolute Gasteiger partial charge is 0.489 e. The molecule has 0 saturated heterocycles. The number of ether oxygens (including phenoxy) is 1. The van der Waals surface area contributed by atoms with Gasteiger partial charge in [0, 0.05) is 5.56 Å². The molecule has 0 aliphatic heterocycles. The summed E-state index contributed by atoms with van der Waals surface area (Å²) in [4.78, 5) is 24.0. The molecule has 0 atom stereocenters. The van der Waals surface area contributed by atoms with Crippen LogP contribution in [0.1, 0.15) is 15.9 Å². The molecule has 0 aliphatic rings. The summed E-state index contributed by atoms with van der Waals surface area (Å²) < 4.78 is 45.3. The Hall–Kier alpha value is -3.81. The maximum Gasteiger partial charge on any atom is 0.251 e. The lowest BCUT2D eigenvalue weighted by Crippen LogP contribution is -2.33. The Balaban J connectivity index is 1.49. The van der Waals surface area contributed by atoms with Crippen molar-refractivity contribution in [3.05, 3.63) is 95.3 Å². The van der Waals surface area contributed by atoms with Gasteiger partial charge in [-0.15, -0.1) is 0 Å². The van der Waals surface area contributed by atoms with E-state index < -0.39 is 41.5 Å². The van der Waals surface area contributed by atoms with E-state index in [9.17, 15) is 22.8 Å². The van der Waals surface area contributed by atoms with E-state index in [1.807, 2.05) is 30.3 Å². The minimum absolute atomic E-state index is 0.310. The molecule has 0 spiro atoms. The molecule has 0 bridgehead atoms. The zero-order chi connectivity index (χ0) is 21.5. The van der Waals surface area contributed by atoms with Crippen molar-refractivity contribution in [1.82, 2.24) is 5.32 Å². The molecule has 0 fully saturated rings. The van der Waals surface area contributed by atoms with Crippen LogP contribution in [0.5, 0.6) is 5.75 Å². The third-order valence-corrected chi connectivity index (χ3v) is 4.08. The van der Waals surface area contributed by atoms with Crippen molar-refractivity contribution >= 4 is 17.5 Å². The van der Waals surface area contributed by atoms with Gasteiger partial charge in [0.2, 0.25) is 5.91 Å². The van der Waals surface area contributed by atoms with Gasteiger partial charge in [-0.25, -0.2) is 13.2 Å². The Bertz CT molecular complexity index is 1040. The second-order valence-electron chi connectivity index (χ2n) is 6.25. The summed E-state index contributed by atoms with van der Waals surface area (Å²) in [5.74, 6) is -5.15. The van der Waals surface area contributed by atoms with Gasteiger partial charge in [0.1, 0.15) is 12.4 Å². The summed E-state index contributed by atoms with van der Waals surface area (Å²) in [6.07, 6.45) is 0. The molecule has 2 amide bonds. The number of halogens is 3. The highest BCUT2D eigenvalue weighted by molar-refractivity contribution is 5.99. The Morgan fingerprint density at radius 1 is 0.833 bits per heavy atom. The van der Waals surface area contributed by atoms with E-state index in [1.54, 1.807) is 24.3 Å². The fourth-order valence-corrected chi connectivity index (χ4v) is 2.52. The molecule has 0 radical (unpaired) electrons. The SMILES string of the molecule is O=C(CNC(=O)c1ccc(COc2ccccc2)cc1)Nc1ccc(F)c(F)c1F. The quantitative estimate of drug-likeness (QED) is 0.573. The van der Waals surface area contributed by atoms with Crippen LogP contribution in [0.2, 0.25) is 0 Å². The van der Waals surface area contributed by atoms with Crippen molar-refractivity contribution in [2.24, 2.45) is 0 Å². The molecule has 5 nitrogen and oxygen atoms in total. The van der Waals surface area contributed by atoms with Crippen molar-refractivity contribution in [2.45, 2.75) is 6.61 Å². The molecule has 2 N–H and O–H groups in total. The number of hydrogen-bond acceptors (Lipinski definition) is 3. The van der Waals surface area contributed by atoms with Crippen LogP contribution in [0, 0.1) is 17.5 Å². The van der Waals surface area contributed by atoms with Crippen molar-refractivity contribution in [2.75, 3.05) is 11.9 Å². The summed E-state index contributed by atoms with van der Waals surface area (Å²) in [6.45, 7) is -0.149. The zero-order valence-electron chi connectivity index (χ0n) is 15.6. The summed E-state index contributed by atoms with van der Waals surface area (Å²) in [7, 11) is 0. The topological polar surface area (TPSA) is 67.4 Å².